The van der Waals surface area contributed by atoms with Crippen molar-refractivity contribution >= 4 is 16.8 Å². The third-order valence-electron chi connectivity index (χ3n) is 5.35. The Morgan fingerprint density at radius 2 is 1.84 bits per heavy atom. The topological polar surface area (TPSA) is 87.1 Å². The standard InChI is InChI=1S/C26H23N3O3/c1-31-25-13-18(14-27)11-12-24(25)32-17-26(30)29-15-21(19-7-3-2-4-8-19)22-16-28-23-10-6-5-9-20(22)23/h2-13,16,21,28H,15,17H2,1H3,(H,29,30). The van der Waals surface area contributed by atoms with E-state index in [4.69, 9.17) is 14.7 Å². The Bertz CT molecular complexity index is 1260. The quantitative estimate of drug-likeness (QED) is 0.439. The first-order valence-electron chi connectivity index (χ1n) is 10.3. The Balaban J connectivity index is 1.47. The molecule has 4 rings (SSSR count). The highest BCUT2D eigenvalue weighted by atomic mass is 16.5. The molecule has 0 aliphatic carbocycles. The number of fused-ring (bicyclic) bond motifs is 1. The van der Waals surface area contributed by atoms with Crippen LogP contribution in [-0.2, 0) is 4.79 Å². The van der Waals surface area contributed by atoms with E-state index in [1.165, 1.54) is 7.11 Å². The lowest BCUT2D eigenvalue weighted by Crippen LogP contribution is -2.32. The van der Waals surface area contributed by atoms with E-state index in [0.717, 1.165) is 22.0 Å². The summed E-state index contributed by atoms with van der Waals surface area (Å²) in [6.45, 7) is 0.274. The highest BCUT2D eigenvalue weighted by molar-refractivity contribution is 5.84. The minimum Gasteiger partial charge on any atom is -0.493 e. The fourth-order valence-corrected chi connectivity index (χ4v) is 3.74. The van der Waals surface area contributed by atoms with Crippen LogP contribution >= 0.6 is 0 Å². The van der Waals surface area contributed by atoms with Crippen molar-refractivity contribution in [2.45, 2.75) is 5.92 Å². The largest absolute Gasteiger partial charge is 0.493 e. The number of hydrogen-bond donors (Lipinski definition) is 2. The molecule has 1 aromatic heterocycles. The summed E-state index contributed by atoms with van der Waals surface area (Å²) in [6.07, 6.45) is 2.01. The Morgan fingerprint density at radius 1 is 1.06 bits per heavy atom. The van der Waals surface area contributed by atoms with Gasteiger partial charge in [-0.2, -0.15) is 5.26 Å². The number of methoxy groups -OCH3 is 1. The number of hydrogen-bond acceptors (Lipinski definition) is 4. The second-order valence-corrected chi connectivity index (χ2v) is 7.32. The van der Waals surface area contributed by atoms with Gasteiger partial charge in [-0.3, -0.25) is 4.79 Å². The van der Waals surface area contributed by atoms with Gasteiger partial charge >= 0.3 is 0 Å². The number of amides is 1. The minimum atomic E-state index is -0.239. The number of H-pyrrole nitrogens is 1. The third-order valence-corrected chi connectivity index (χ3v) is 5.35. The zero-order chi connectivity index (χ0) is 22.3. The number of carbonyl (C=O) groups excluding carboxylic acids is 1. The zero-order valence-electron chi connectivity index (χ0n) is 17.7. The van der Waals surface area contributed by atoms with Gasteiger partial charge in [0.2, 0.25) is 0 Å². The molecule has 1 unspecified atom stereocenters. The number of nitrogens with zero attached hydrogens (tertiary/aromatic N) is 1. The third kappa shape index (κ3) is 4.57. The maximum atomic E-state index is 12.6. The van der Waals surface area contributed by atoms with E-state index in [1.54, 1.807) is 18.2 Å². The monoisotopic (exact) mass is 425 g/mol. The second-order valence-electron chi connectivity index (χ2n) is 7.32. The van der Waals surface area contributed by atoms with Crippen molar-refractivity contribution in [3.05, 3.63) is 95.7 Å². The van der Waals surface area contributed by atoms with Crippen LogP contribution in [-0.4, -0.2) is 31.2 Å². The number of nitriles is 1. The molecule has 6 heteroatoms. The van der Waals surface area contributed by atoms with E-state index >= 15 is 0 Å². The molecule has 0 saturated heterocycles. The van der Waals surface area contributed by atoms with Gasteiger partial charge in [-0.15, -0.1) is 0 Å². The Kier molecular flexibility index (Phi) is 6.38. The molecule has 0 fully saturated rings. The summed E-state index contributed by atoms with van der Waals surface area (Å²) in [5.74, 6) is 0.577. The van der Waals surface area contributed by atoms with Gasteiger partial charge in [-0.25, -0.2) is 0 Å². The van der Waals surface area contributed by atoms with Crippen LogP contribution in [0.25, 0.3) is 10.9 Å². The highest BCUT2D eigenvalue weighted by Crippen LogP contribution is 2.31. The van der Waals surface area contributed by atoms with Gasteiger partial charge in [0.05, 0.1) is 18.7 Å². The van der Waals surface area contributed by atoms with Crippen molar-refractivity contribution in [3.8, 4) is 17.6 Å². The van der Waals surface area contributed by atoms with Crippen LogP contribution in [0.1, 0.15) is 22.6 Å². The maximum absolute atomic E-state index is 12.6. The number of rotatable bonds is 8. The van der Waals surface area contributed by atoms with E-state index in [0.29, 0.717) is 23.6 Å². The normalized spacial score (nSPS) is 11.5. The number of carbonyl (C=O) groups is 1. The molecule has 1 amide bonds. The number of benzene rings is 3. The first-order chi connectivity index (χ1) is 15.7. The summed E-state index contributed by atoms with van der Waals surface area (Å²) < 4.78 is 10.9. The second kappa shape index (κ2) is 9.71. The number of aromatic amines is 1. The van der Waals surface area contributed by atoms with Crippen LogP contribution < -0.4 is 14.8 Å². The molecule has 1 heterocycles. The van der Waals surface area contributed by atoms with E-state index in [9.17, 15) is 4.79 Å². The summed E-state index contributed by atoms with van der Waals surface area (Å²) in [5, 5.41) is 13.1. The Labute approximate surface area is 186 Å². The zero-order valence-corrected chi connectivity index (χ0v) is 17.7. The van der Waals surface area contributed by atoms with Crippen LogP contribution in [0.4, 0.5) is 0 Å². The molecule has 0 bridgehead atoms. The lowest BCUT2D eigenvalue weighted by molar-refractivity contribution is -0.123. The van der Waals surface area contributed by atoms with Gasteiger partial charge in [-0.1, -0.05) is 48.5 Å². The van der Waals surface area contributed by atoms with Gasteiger partial charge in [0.15, 0.2) is 18.1 Å². The average Bonchev–Trinajstić information content (AvgIpc) is 3.27. The van der Waals surface area contributed by atoms with Crippen LogP contribution in [0.3, 0.4) is 0 Å². The minimum absolute atomic E-state index is 0.0132. The molecule has 0 radical (unpaired) electrons. The maximum Gasteiger partial charge on any atom is 0.257 e. The van der Waals surface area contributed by atoms with Gasteiger partial charge < -0.3 is 19.8 Å². The van der Waals surface area contributed by atoms with Gasteiger partial charge in [-0.05, 0) is 29.3 Å². The predicted molar refractivity (Wildman–Crippen MR) is 123 cm³/mol. The lowest BCUT2D eigenvalue weighted by Gasteiger charge is -2.18. The molecule has 1 atom stereocenters. The van der Waals surface area contributed by atoms with Crippen LogP contribution in [0, 0.1) is 11.3 Å². The molecular weight excluding hydrogens is 402 g/mol. The van der Waals surface area contributed by atoms with Crippen molar-refractivity contribution in [1.29, 1.82) is 5.26 Å². The van der Waals surface area contributed by atoms with E-state index in [1.807, 2.05) is 42.6 Å². The fourth-order valence-electron chi connectivity index (χ4n) is 3.74. The molecule has 4 aromatic rings. The highest BCUT2D eigenvalue weighted by Gasteiger charge is 2.19. The van der Waals surface area contributed by atoms with Crippen molar-refractivity contribution < 1.29 is 14.3 Å². The van der Waals surface area contributed by atoms with Gasteiger partial charge in [0.1, 0.15) is 0 Å². The summed E-state index contributed by atoms with van der Waals surface area (Å²) in [5.41, 5.74) is 3.77. The van der Waals surface area contributed by atoms with E-state index in [-0.39, 0.29) is 18.4 Å². The van der Waals surface area contributed by atoms with Crippen molar-refractivity contribution in [3.63, 3.8) is 0 Å². The number of ether oxygens (including phenoxy) is 2. The Morgan fingerprint density at radius 3 is 2.62 bits per heavy atom. The first kappa shape index (κ1) is 21.0. The van der Waals surface area contributed by atoms with E-state index < -0.39 is 0 Å². The number of para-hydroxylation sites is 1. The van der Waals surface area contributed by atoms with E-state index in [2.05, 4.69) is 34.6 Å². The molecule has 3 aromatic carbocycles. The average molecular weight is 425 g/mol. The first-order valence-corrected chi connectivity index (χ1v) is 10.3. The number of aromatic nitrogens is 1. The molecule has 6 nitrogen and oxygen atoms in total. The molecule has 2 N–H and O–H groups in total. The van der Waals surface area contributed by atoms with Crippen molar-refractivity contribution in [2.75, 3.05) is 20.3 Å². The fraction of sp³-hybridized carbons (Fsp3) is 0.154. The van der Waals surface area contributed by atoms with Gasteiger partial charge in [0.25, 0.3) is 5.91 Å². The SMILES string of the molecule is COc1cc(C#N)ccc1OCC(=O)NCC(c1ccccc1)c1c[nH]c2ccccc12. The summed E-state index contributed by atoms with van der Waals surface area (Å²) >= 11 is 0. The molecule has 32 heavy (non-hydrogen) atoms. The smallest absolute Gasteiger partial charge is 0.257 e. The Hall–Kier alpha value is -4.24. The van der Waals surface area contributed by atoms with Crippen molar-refractivity contribution in [2.24, 2.45) is 0 Å². The molecule has 0 aliphatic rings. The molecule has 0 saturated carbocycles. The van der Waals surface area contributed by atoms with Crippen LogP contribution in [0.15, 0.2) is 79.0 Å². The van der Waals surface area contributed by atoms with Crippen molar-refractivity contribution in [1.82, 2.24) is 10.3 Å². The molecule has 160 valence electrons. The molecule has 0 aliphatic heterocycles. The summed E-state index contributed by atoms with van der Waals surface area (Å²) in [7, 11) is 1.50. The summed E-state index contributed by atoms with van der Waals surface area (Å²) in [4.78, 5) is 15.9. The van der Waals surface area contributed by atoms with Gasteiger partial charge in [0, 0.05) is 35.6 Å². The predicted octanol–water partition coefficient (Wildman–Crippen LogP) is 4.38. The molecule has 0 spiro atoms. The molecular formula is C26H23N3O3. The lowest BCUT2D eigenvalue weighted by atomic mass is 9.91. The van der Waals surface area contributed by atoms with Crippen LogP contribution in [0.2, 0.25) is 0 Å². The summed E-state index contributed by atoms with van der Waals surface area (Å²) in [6, 6.07) is 25.1. The number of nitrogens with one attached hydrogen (secondary N) is 2. The van der Waals surface area contributed by atoms with Crippen LogP contribution in [0.5, 0.6) is 11.5 Å².